The maximum atomic E-state index is 14.6. The molecule has 1 aliphatic carbocycles. The second-order valence-electron chi connectivity index (χ2n) is 7.74. The van der Waals surface area contributed by atoms with Gasteiger partial charge in [-0.3, -0.25) is 9.69 Å². The third-order valence-electron chi connectivity index (χ3n) is 5.59. The van der Waals surface area contributed by atoms with Crippen molar-refractivity contribution in [3.05, 3.63) is 59.2 Å². The summed E-state index contributed by atoms with van der Waals surface area (Å²) in [4.78, 5) is 27.4. The van der Waals surface area contributed by atoms with Crippen LogP contribution in [0, 0.1) is 11.7 Å². The molecule has 7 nitrogen and oxygen atoms in total. The molecule has 2 heterocycles. The normalized spacial score (nSPS) is 21.5. The number of hydrogen-bond acceptors (Lipinski definition) is 6. The van der Waals surface area contributed by atoms with Crippen molar-refractivity contribution >= 4 is 36.8 Å². The molecule has 1 aromatic heterocycles. The number of allylic oxidation sites excluding steroid dienone is 1. The number of carbonyl (C=O) groups excluding carboxylic acids is 1. The van der Waals surface area contributed by atoms with Crippen LogP contribution in [0.5, 0.6) is 0 Å². The highest BCUT2D eigenvalue weighted by molar-refractivity contribution is 7.81. The molecule has 2 aliphatic rings. The van der Waals surface area contributed by atoms with E-state index in [-0.39, 0.29) is 40.9 Å². The van der Waals surface area contributed by atoms with Gasteiger partial charge in [0.2, 0.25) is 0 Å². The Kier molecular flexibility index (Phi) is 7.51. The third-order valence-corrected chi connectivity index (χ3v) is 6.18. The molecule has 4 rings (SSSR count). The number of halogens is 2. The van der Waals surface area contributed by atoms with Crippen molar-refractivity contribution in [2.24, 2.45) is 5.92 Å². The number of likely N-dealkylation sites (tertiary alicyclic amines) is 1. The van der Waals surface area contributed by atoms with E-state index < -0.39 is 12.0 Å². The number of Topliss-reactive ketones (excluding diaryl/α,β-unsaturated/α-hetero) is 1. The molecule has 2 fully saturated rings. The monoisotopic (exact) mass is 466 g/mol. The highest BCUT2D eigenvalue weighted by Gasteiger charge is 2.40. The lowest BCUT2D eigenvalue weighted by Gasteiger charge is -2.37. The van der Waals surface area contributed by atoms with Gasteiger partial charge in [0.1, 0.15) is 5.82 Å². The molecule has 10 heteroatoms. The summed E-state index contributed by atoms with van der Waals surface area (Å²) in [5.74, 6) is -1.40. The van der Waals surface area contributed by atoms with Crippen molar-refractivity contribution in [3.8, 4) is 0 Å². The number of nitrogens with zero attached hydrogens (tertiary/aromatic N) is 4. The van der Waals surface area contributed by atoms with Crippen molar-refractivity contribution in [2.75, 3.05) is 13.1 Å². The number of thiol groups is 1. The van der Waals surface area contributed by atoms with Crippen LogP contribution in [0.4, 0.5) is 4.39 Å². The quantitative estimate of drug-likeness (QED) is 0.481. The largest absolute Gasteiger partial charge is 0.476 e. The highest BCUT2D eigenvalue weighted by Crippen LogP contribution is 2.39. The van der Waals surface area contributed by atoms with Gasteiger partial charge < -0.3 is 5.11 Å². The molecular formula is C21H24ClFN4O3S. The summed E-state index contributed by atoms with van der Waals surface area (Å²) in [6.45, 7) is 1.43. The van der Waals surface area contributed by atoms with E-state index in [2.05, 4.69) is 22.8 Å². The van der Waals surface area contributed by atoms with Gasteiger partial charge in [0.05, 0.1) is 18.8 Å². The molecule has 2 atom stereocenters. The zero-order valence-electron chi connectivity index (χ0n) is 16.7. The molecule has 1 saturated heterocycles. The molecule has 1 N–H and O–H groups in total. The van der Waals surface area contributed by atoms with Gasteiger partial charge in [-0.15, -0.1) is 17.5 Å². The minimum absolute atomic E-state index is 0. The number of carboxylic acid groups (broad SMARTS) is 1. The molecule has 2 unspecified atom stereocenters. The summed E-state index contributed by atoms with van der Waals surface area (Å²) in [5, 5.41) is 16.8. The van der Waals surface area contributed by atoms with Crippen LogP contribution >= 0.6 is 25.0 Å². The number of piperidine rings is 1. The maximum absolute atomic E-state index is 14.6. The molecule has 1 saturated carbocycles. The van der Waals surface area contributed by atoms with Gasteiger partial charge in [0.15, 0.2) is 11.5 Å². The zero-order valence-corrected chi connectivity index (χ0v) is 18.4. The first kappa shape index (κ1) is 23.4. The smallest absolute Gasteiger partial charge is 0.358 e. The minimum Gasteiger partial charge on any atom is -0.476 e. The van der Waals surface area contributed by atoms with Crippen LogP contribution in [0.3, 0.4) is 0 Å². The summed E-state index contributed by atoms with van der Waals surface area (Å²) in [5.41, 5.74) is 1.30. The number of aromatic nitrogens is 3. The number of hydrogen-bond donors (Lipinski definition) is 2. The van der Waals surface area contributed by atoms with Crippen LogP contribution in [-0.2, 0) is 11.3 Å². The fraction of sp³-hybridized carbons (Fsp3) is 0.429. The van der Waals surface area contributed by atoms with Gasteiger partial charge in [-0.05, 0) is 30.9 Å². The molecule has 0 bridgehead atoms. The zero-order chi connectivity index (χ0) is 21.3. The van der Waals surface area contributed by atoms with Crippen LogP contribution < -0.4 is 0 Å². The Morgan fingerprint density at radius 1 is 1.29 bits per heavy atom. The second-order valence-corrected chi connectivity index (χ2v) is 8.37. The maximum Gasteiger partial charge on any atom is 0.358 e. The summed E-state index contributed by atoms with van der Waals surface area (Å²) < 4.78 is 14.6. The van der Waals surface area contributed by atoms with Gasteiger partial charge in [-0.25, -0.2) is 9.18 Å². The molecule has 166 valence electrons. The molecule has 0 radical (unpaired) electrons. The van der Waals surface area contributed by atoms with Crippen LogP contribution in [0.25, 0.3) is 0 Å². The minimum atomic E-state index is -1.13. The van der Waals surface area contributed by atoms with E-state index in [4.69, 9.17) is 5.11 Å². The van der Waals surface area contributed by atoms with Crippen LogP contribution in [0.1, 0.15) is 41.4 Å². The van der Waals surface area contributed by atoms with Gasteiger partial charge in [0, 0.05) is 29.8 Å². The van der Waals surface area contributed by atoms with Crippen LogP contribution in [0.15, 0.2) is 42.1 Å². The topological polar surface area (TPSA) is 88.3 Å². The SMILES string of the molecule is Cl.O=C(O)c1cnn(C/C=C2\CN(C(C(=O)C3CC3)c3ccccc3F)CCC2S)n1. The average Bonchev–Trinajstić information content (AvgIpc) is 3.47. The van der Waals surface area contributed by atoms with E-state index in [1.165, 1.54) is 17.1 Å². The molecule has 31 heavy (non-hydrogen) atoms. The predicted molar refractivity (Wildman–Crippen MR) is 118 cm³/mol. The molecule has 1 aromatic carbocycles. The summed E-state index contributed by atoms with van der Waals surface area (Å²) in [6, 6.07) is 5.87. The molecule has 2 aromatic rings. The Bertz CT molecular complexity index is 995. The lowest BCUT2D eigenvalue weighted by Crippen LogP contribution is -2.42. The number of rotatable bonds is 7. The first-order chi connectivity index (χ1) is 14.4. The Balaban J connectivity index is 0.00000272. The first-order valence-electron chi connectivity index (χ1n) is 9.96. The van der Waals surface area contributed by atoms with Gasteiger partial charge >= 0.3 is 5.97 Å². The third kappa shape index (κ3) is 5.34. The molecule has 0 amide bonds. The number of carboxylic acids is 1. The number of carbonyl (C=O) groups is 2. The molecular weight excluding hydrogens is 443 g/mol. The van der Waals surface area contributed by atoms with E-state index in [9.17, 15) is 14.0 Å². The van der Waals surface area contributed by atoms with E-state index in [1.807, 2.05) is 11.0 Å². The van der Waals surface area contributed by atoms with Gasteiger partial charge in [-0.2, -0.15) is 22.5 Å². The average molecular weight is 467 g/mol. The fourth-order valence-electron chi connectivity index (χ4n) is 3.81. The van der Waals surface area contributed by atoms with Gasteiger partial charge in [-0.1, -0.05) is 24.3 Å². The van der Waals surface area contributed by atoms with E-state index >= 15 is 0 Å². The first-order valence-corrected chi connectivity index (χ1v) is 10.5. The van der Waals surface area contributed by atoms with Crippen molar-refractivity contribution in [1.29, 1.82) is 0 Å². The lowest BCUT2D eigenvalue weighted by atomic mass is 9.93. The Morgan fingerprint density at radius 3 is 2.68 bits per heavy atom. The molecule has 0 spiro atoms. The Morgan fingerprint density at radius 2 is 2.03 bits per heavy atom. The van der Waals surface area contributed by atoms with E-state index in [0.29, 0.717) is 25.2 Å². The number of ketones is 1. The molecule has 1 aliphatic heterocycles. The fourth-order valence-corrected chi connectivity index (χ4v) is 4.12. The van der Waals surface area contributed by atoms with E-state index in [1.54, 1.807) is 18.2 Å². The van der Waals surface area contributed by atoms with Crippen molar-refractivity contribution < 1.29 is 19.1 Å². The standard InChI is InChI=1S/C21H23FN4O3S.ClH/c22-16-4-2-1-3-15(16)19(20(27)13-5-6-13)25-9-8-18(30)14(12-25)7-10-26-23-11-17(24-26)21(28)29;/h1-4,7,11,13,18-19,30H,5-6,8-10,12H2,(H,28,29);1H/b14-7+;. The summed E-state index contributed by atoms with van der Waals surface area (Å²) in [7, 11) is 0. The second kappa shape index (κ2) is 9.93. The van der Waals surface area contributed by atoms with Gasteiger partial charge in [0.25, 0.3) is 0 Å². The van der Waals surface area contributed by atoms with Crippen LogP contribution in [-0.4, -0.2) is 55.1 Å². The van der Waals surface area contributed by atoms with Crippen molar-refractivity contribution in [2.45, 2.75) is 37.1 Å². The summed E-state index contributed by atoms with van der Waals surface area (Å²) in [6.07, 6.45) is 5.58. The predicted octanol–water partition coefficient (Wildman–Crippen LogP) is 3.19. The van der Waals surface area contributed by atoms with Crippen molar-refractivity contribution in [3.63, 3.8) is 0 Å². The van der Waals surface area contributed by atoms with Crippen molar-refractivity contribution in [1.82, 2.24) is 19.9 Å². The number of benzene rings is 1. The Labute approximate surface area is 191 Å². The highest BCUT2D eigenvalue weighted by atomic mass is 35.5. The summed E-state index contributed by atoms with van der Waals surface area (Å²) >= 11 is 4.66. The lowest BCUT2D eigenvalue weighted by molar-refractivity contribution is -0.126. The Hall–Kier alpha value is -2.23. The van der Waals surface area contributed by atoms with E-state index in [0.717, 1.165) is 24.8 Å². The van der Waals surface area contributed by atoms with Crippen LogP contribution in [0.2, 0.25) is 0 Å². The number of aromatic carboxylic acids is 1.